The summed E-state index contributed by atoms with van der Waals surface area (Å²) in [4.78, 5) is 23.6. The highest BCUT2D eigenvalue weighted by Gasteiger charge is 2.28. The SMILES string of the molecule is COc1ccccc1Oc1cncc([C@@H]2CCCN(C(=O)c3ccnn3C)C2)n1. The Balaban J connectivity index is 1.50. The zero-order valence-corrected chi connectivity index (χ0v) is 16.5. The summed E-state index contributed by atoms with van der Waals surface area (Å²) in [5, 5.41) is 4.10. The molecule has 0 radical (unpaired) electrons. The molecule has 8 heteroatoms. The quantitative estimate of drug-likeness (QED) is 0.663. The number of carbonyl (C=O) groups is 1. The molecule has 8 nitrogen and oxygen atoms in total. The number of para-hydroxylation sites is 2. The number of aromatic nitrogens is 4. The fourth-order valence-electron chi connectivity index (χ4n) is 3.57. The van der Waals surface area contributed by atoms with Gasteiger partial charge in [0.15, 0.2) is 11.5 Å². The summed E-state index contributed by atoms with van der Waals surface area (Å²) in [6.45, 7) is 1.32. The first-order valence-electron chi connectivity index (χ1n) is 9.56. The number of amides is 1. The van der Waals surface area contributed by atoms with Gasteiger partial charge in [-0.05, 0) is 31.0 Å². The van der Waals surface area contributed by atoms with Crippen LogP contribution in [0, 0.1) is 0 Å². The van der Waals surface area contributed by atoms with Crippen molar-refractivity contribution in [1.29, 1.82) is 0 Å². The Morgan fingerprint density at radius 3 is 2.76 bits per heavy atom. The third kappa shape index (κ3) is 4.06. The molecule has 1 aliphatic heterocycles. The van der Waals surface area contributed by atoms with Gasteiger partial charge in [-0.15, -0.1) is 0 Å². The van der Waals surface area contributed by atoms with E-state index in [1.54, 1.807) is 43.5 Å². The molecule has 1 saturated heterocycles. The molecule has 1 fully saturated rings. The normalized spacial score (nSPS) is 16.5. The topological polar surface area (TPSA) is 82.4 Å². The average molecular weight is 393 g/mol. The average Bonchev–Trinajstić information content (AvgIpc) is 3.20. The van der Waals surface area contributed by atoms with Crippen molar-refractivity contribution in [3.63, 3.8) is 0 Å². The fourth-order valence-corrected chi connectivity index (χ4v) is 3.57. The first-order chi connectivity index (χ1) is 14.2. The van der Waals surface area contributed by atoms with Crippen LogP contribution in [0.25, 0.3) is 0 Å². The maximum absolute atomic E-state index is 12.8. The maximum Gasteiger partial charge on any atom is 0.272 e. The van der Waals surface area contributed by atoms with Gasteiger partial charge in [0, 0.05) is 38.4 Å². The van der Waals surface area contributed by atoms with Crippen molar-refractivity contribution in [2.45, 2.75) is 18.8 Å². The monoisotopic (exact) mass is 393 g/mol. The Morgan fingerprint density at radius 1 is 1.17 bits per heavy atom. The van der Waals surface area contributed by atoms with E-state index in [1.165, 1.54) is 0 Å². The molecular weight excluding hydrogens is 370 g/mol. The van der Waals surface area contributed by atoms with Gasteiger partial charge in [0.2, 0.25) is 5.88 Å². The van der Waals surface area contributed by atoms with Gasteiger partial charge in [-0.2, -0.15) is 5.10 Å². The van der Waals surface area contributed by atoms with E-state index in [-0.39, 0.29) is 11.8 Å². The highest BCUT2D eigenvalue weighted by molar-refractivity contribution is 5.92. The first kappa shape index (κ1) is 18.9. The second-order valence-electron chi connectivity index (χ2n) is 6.97. The van der Waals surface area contributed by atoms with E-state index in [2.05, 4.69) is 15.1 Å². The Bertz CT molecular complexity index is 1000. The lowest BCUT2D eigenvalue weighted by Gasteiger charge is -2.32. The summed E-state index contributed by atoms with van der Waals surface area (Å²) in [6, 6.07) is 9.15. The molecule has 2 aromatic heterocycles. The Kier molecular flexibility index (Phi) is 5.41. The number of carbonyl (C=O) groups excluding carboxylic acids is 1. The molecule has 1 aromatic carbocycles. The number of piperidine rings is 1. The molecule has 1 atom stereocenters. The largest absolute Gasteiger partial charge is 0.493 e. The van der Waals surface area contributed by atoms with Gasteiger partial charge in [0.1, 0.15) is 5.69 Å². The van der Waals surface area contributed by atoms with Gasteiger partial charge in [0.25, 0.3) is 5.91 Å². The molecule has 0 spiro atoms. The Morgan fingerprint density at radius 2 is 2.00 bits per heavy atom. The molecular formula is C21H23N5O3. The van der Waals surface area contributed by atoms with Crippen molar-refractivity contribution in [1.82, 2.24) is 24.6 Å². The molecule has 0 N–H and O–H groups in total. The van der Waals surface area contributed by atoms with Gasteiger partial charge >= 0.3 is 0 Å². The van der Waals surface area contributed by atoms with Crippen LogP contribution in [0.15, 0.2) is 48.9 Å². The van der Waals surface area contributed by atoms with Crippen molar-refractivity contribution >= 4 is 5.91 Å². The third-order valence-electron chi connectivity index (χ3n) is 5.08. The van der Waals surface area contributed by atoms with E-state index in [0.717, 1.165) is 25.1 Å². The van der Waals surface area contributed by atoms with Crippen LogP contribution in [-0.4, -0.2) is 50.8 Å². The molecule has 0 unspecified atom stereocenters. The smallest absolute Gasteiger partial charge is 0.272 e. The van der Waals surface area contributed by atoms with Gasteiger partial charge < -0.3 is 14.4 Å². The maximum atomic E-state index is 12.8. The van der Waals surface area contributed by atoms with Crippen LogP contribution in [0.3, 0.4) is 0 Å². The standard InChI is InChI=1S/C21H23N5O3/c1-25-17(9-10-23-25)21(27)26-11-5-6-15(14-26)16-12-22-13-20(24-16)29-19-8-4-3-7-18(19)28-2/h3-4,7-10,12-13,15H,5-6,11,14H2,1-2H3/t15-/m1/s1. The minimum absolute atomic E-state index is 0.0101. The number of hydrogen-bond donors (Lipinski definition) is 0. The number of hydrogen-bond acceptors (Lipinski definition) is 6. The predicted molar refractivity (Wildman–Crippen MR) is 106 cm³/mol. The highest BCUT2D eigenvalue weighted by Crippen LogP contribution is 2.31. The number of ether oxygens (including phenoxy) is 2. The number of rotatable bonds is 5. The minimum atomic E-state index is -0.0101. The van der Waals surface area contributed by atoms with Crippen molar-refractivity contribution < 1.29 is 14.3 Å². The highest BCUT2D eigenvalue weighted by atomic mass is 16.5. The van der Waals surface area contributed by atoms with Gasteiger partial charge in [0.05, 0.1) is 19.0 Å². The Hall–Kier alpha value is -3.42. The molecule has 0 saturated carbocycles. The Labute approximate surface area is 169 Å². The molecule has 29 heavy (non-hydrogen) atoms. The number of likely N-dealkylation sites (tertiary alicyclic amines) is 1. The van der Waals surface area contributed by atoms with Crippen molar-refractivity contribution in [3.8, 4) is 17.4 Å². The summed E-state index contributed by atoms with van der Waals surface area (Å²) < 4.78 is 12.8. The fraction of sp³-hybridized carbons (Fsp3) is 0.333. The molecule has 1 aliphatic rings. The molecule has 0 aliphatic carbocycles. The summed E-state index contributed by atoms with van der Waals surface area (Å²) in [6.07, 6.45) is 6.82. The van der Waals surface area contributed by atoms with Gasteiger partial charge in [-0.25, -0.2) is 4.98 Å². The molecule has 1 amide bonds. The molecule has 4 rings (SSSR count). The second kappa shape index (κ2) is 8.30. The number of nitrogens with zero attached hydrogens (tertiary/aromatic N) is 5. The summed E-state index contributed by atoms with van der Waals surface area (Å²) in [5.74, 6) is 1.71. The lowest BCUT2D eigenvalue weighted by molar-refractivity contribution is 0.0694. The minimum Gasteiger partial charge on any atom is -0.493 e. The summed E-state index contributed by atoms with van der Waals surface area (Å²) in [5.41, 5.74) is 1.41. The second-order valence-corrected chi connectivity index (χ2v) is 6.97. The van der Waals surface area contributed by atoms with Crippen LogP contribution < -0.4 is 9.47 Å². The first-order valence-corrected chi connectivity index (χ1v) is 9.56. The van der Waals surface area contributed by atoms with E-state index >= 15 is 0 Å². The van der Waals surface area contributed by atoms with E-state index in [4.69, 9.17) is 9.47 Å². The summed E-state index contributed by atoms with van der Waals surface area (Å²) in [7, 11) is 3.37. The zero-order chi connectivity index (χ0) is 20.2. The number of methoxy groups -OCH3 is 1. The van der Waals surface area contributed by atoms with E-state index in [0.29, 0.717) is 29.6 Å². The number of aryl methyl sites for hydroxylation is 1. The molecule has 150 valence electrons. The van der Waals surface area contributed by atoms with Crippen LogP contribution in [0.4, 0.5) is 0 Å². The van der Waals surface area contributed by atoms with E-state index in [1.807, 2.05) is 29.2 Å². The molecule has 3 heterocycles. The molecule has 3 aromatic rings. The van der Waals surface area contributed by atoms with Crippen LogP contribution in [0.5, 0.6) is 17.4 Å². The van der Waals surface area contributed by atoms with Gasteiger partial charge in [-0.3, -0.25) is 14.5 Å². The van der Waals surface area contributed by atoms with Crippen LogP contribution in [-0.2, 0) is 7.05 Å². The van der Waals surface area contributed by atoms with Crippen LogP contribution in [0.2, 0.25) is 0 Å². The van der Waals surface area contributed by atoms with E-state index in [9.17, 15) is 4.79 Å². The zero-order valence-electron chi connectivity index (χ0n) is 16.5. The van der Waals surface area contributed by atoms with E-state index < -0.39 is 0 Å². The van der Waals surface area contributed by atoms with Crippen molar-refractivity contribution in [2.24, 2.45) is 7.05 Å². The van der Waals surface area contributed by atoms with Crippen molar-refractivity contribution in [3.05, 3.63) is 60.3 Å². The van der Waals surface area contributed by atoms with Crippen LogP contribution in [0.1, 0.15) is 34.9 Å². The lowest BCUT2D eigenvalue weighted by Crippen LogP contribution is -2.40. The van der Waals surface area contributed by atoms with Gasteiger partial charge in [-0.1, -0.05) is 12.1 Å². The number of benzene rings is 1. The molecule has 0 bridgehead atoms. The predicted octanol–water partition coefficient (Wildman–Crippen LogP) is 3.03. The lowest BCUT2D eigenvalue weighted by atomic mass is 9.95. The van der Waals surface area contributed by atoms with Crippen LogP contribution >= 0.6 is 0 Å². The third-order valence-corrected chi connectivity index (χ3v) is 5.08. The van der Waals surface area contributed by atoms with Crippen molar-refractivity contribution in [2.75, 3.05) is 20.2 Å². The summed E-state index contributed by atoms with van der Waals surface area (Å²) >= 11 is 0.